The third-order valence-corrected chi connectivity index (χ3v) is 17.7. The van der Waals surface area contributed by atoms with Gasteiger partial charge >= 0.3 is 0 Å². The quantitative estimate of drug-likeness (QED) is 0.123. The molecule has 5 heterocycles. The zero-order chi connectivity index (χ0) is 67.3. The minimum Gasteiger partial charge on any atom is -0.365 e. The van der Waals surface area contributed by atoms with Crippen LogP contribution in [0.15, 0.2) is 248 Å². The van der Waals surface area contributed by atoms with Crippen molar-refractivity contribution in [2.24, 2.45) is 5.92 Å². The van der Waals surface area contributed by atoms with Crippen molar-refractivity contribution in [2.75, 3.05) is 17.8 Å². The van der Waals surface area contributed by atoms with Gasteiger partial charge in [-0.25, -0.2) is 16.8 Å². The largest absolute Gasteiger partial charge is 0.365 e. The van der Waals surface area contributed by atoms with Gasteiger partial charge in [-0.05, 0) is 177 Å². The first-order valence-electron chi connectivity index (χ1n) is 30.9. The summed E-state index contributed by atoms with van der Waals surface area (Å²) in [5.74, 6) is 1.90. The zero-order valence-electron chi connectivity index (χ0n) is 55.2. The summed E-state index contributed by atoms with van der Waals surface area (Å²) in [5, 5.41) is 32.2. The summed E-state index contributed by atoms with van der Waals surface area (Å²) in [5.41, 5.74) is 20.8. The average Bonchev–Trinajstić information content (AvgIpc) is 1.61. The summed E-state index contributed by atoms with van der Waals surface area (Å²) in [6.07, 6.45) is 12.3. The van der Waals surface area contributed by atoms with E-state index in [4.69, 9.17) is 0 Å². The van der Waals surface area contributed by atoms with E-state index in [1.165, 1.54) is 89.5 Å². The Bertz CT molecular complexity index is 4520. The molecule has 1 aliphatic carbocycles. The fraction of sp³-hybridized carbons (Fsp3) is 0.200. The van der Waals surface area contributed by atoms with Gasteiger partial charge in [-0.1, -0.05) is 249 Å². The molecule has 15 rings (SSSR count). The summed E-state index contributed by atoms with van der Waals surface area (Å²) in [6.45, 7) is 18.0. The van der Waals surface area contributed by atoms with Crippen LogP contribution in [0.3, 0.4) is 0 Å². The van der Waals surface area contributed by atoms with E-state index in [9.17, 15) is 16.8 Å². The van der Waals surface area contributed by atoms with Crippen molar-refractivity contribution >= 4 is 65.3 Å². The Balaban J connectivity index is 0.000000201. The van der Waals surface area contributed by atoms with Crippen LogP contribution in [-0.2, 0) is 19.7 Å². The third kappa shape index (κ3) is 26.2. The molecule has 1 fully saturated rings. The van der Waals surface area contributed by atoms with Crippen LogP contribution in [0.4, 0.5) is 0 Å². The van der Waals surface area contributed by atoms with Gasteiger partial charge in [0.2, 0.25) is 0 Å². The molecule has 1 atom stereocenters. The number of rotatable bonds is 4. The number of hydrogen-bond donors (Lipinski definition) is 4. The Hall–Kier alpha value is -10.4. The number of nitrogens with zero attached hydrogens (tertiary/aromatic N) is 6. The Morgan fingerprint density at radius 3 is 1.44 bits per heavy atom. The van der Waals surface area contributed by atoms with Crippen molar-refractivity contribution in [1.82, 2.24) is 51.2 Å². The smallest absolute Gasteiger partial charge is 0.175 e. The molecular formula is C80H92N10O4S2. The van der Waals surface area contributed by atoms with Crippen LogP contribution < -0.4 is 0 Å². The van der Waals surface area contributed by atoms with E-state index in [2.05, 4.69) is 254 Å². The fourth-order valence-electron chi connectivity index (χ4n) is 9.45. The molecule has 13 aromatic rings. The zero-order valence-corrected chi connectivity index (χ0v) is 56.8. The van der Waals surface area contributed by atoms with E-state index < -0.39 is 19.7 Å². The second-order valence-corrected chi connectivity index (χ2v) is 27.3. The molecule has 14 nitrogen and oxygen atoms in total. The Morgan fingerprint density at radius 1 is 0.479 bits per heavy atom. The number of hydrogen-bond acceptors (Lipinski definition) is 10. The molecule has 1 aliphatic heterocycles. The van der Waals surface area contributed by atoms with Crippen LogP contribution in [0.1, 0.15) is 101 Å². The minimum absolute atomic E-state index is 0. The number of tetrazole rings is 1. The van der Waals surface area contributed by atoms with E-state index in [1.54, 1.807) is 37.4 Å². The lowest BCUT2D eigenvalue weighted by Crippen LogP contribution is -2.01. The second-order valence-electron chi connectivity index (χ2n) is 23.0. The SMILES string of the molecule is C.C.CC1CCS(=O)(=O)C1.Cc1ccc(/C=C/c2ccccc2)cc1.Cc1ccc(C=C2c3ccccc3-c3ccccc32)cc1.Cc1ccc(S(C)(=O)=O)cc1.Cc1ccc2ccccc2c1.Cc1ccc2n[nH]nc2c1.Cc1ccc[nH]1.Cc1ccn[nH]1.Cc1nn[nH]n1. The number of benzene rings is 9. The van der Waals surface area contributed by atoms with Crippen LogP contribution in [0.5, 0.6) is 0 Å². The van der Waals surface area contributed by atoms with Crippen molar-refractivity contribution in [3.63, 3.8) is 0 Å². The highest BCUT2D eigenvalue weighted by atomic mass is 32.2. The van der Waals surface area contributed by atoms with Gasteiger partial charge in [-0.3, -0.25) is 5.10 Å². The van der Waals surface area contributed by atoms with Gasteiger partial charge in [0.25, 0.3) is 0 Å². The second kappa shape index (κ2) is 38.7. The Labute approximate surface area is 569 Å². The highest BCUT2D eigenvalue weighted by Crippen LogP contribution is 2.44. The predicted molar refractivity (Wildman–Crippen MR) is 402 cm³/mol. The van der Waals surface area contributed by atoms with Crippen LogP contribution >= 0.6 is 0 Å². The molecule has 96 heavy (non-hydrogen) atoms. The van der Waals surface area contributed by atoms with Crippen molar-refractivity contribution in [1.29, 1.82) is 0 Å². The van der Waals surface area contributed by atoms with Crippen LogP contribution in [0, 0.1) is 61.3 Å². The predicted octanol–water partition coefficient (Wildman–Crippen LogP) is 18.8. The lowest BCUT2D eigenvalue weighted by molar-refractivity contribution is 0.598. The molecule has 1 unspecified atom stereocenters. The molecule has 2 aliphatic rings. The molecule has 1 saturated heterocycles. The molecule has 16 heteroatoms. The van der Waals surface area contributed by atoms with Crippen molar-refractivity contribution in [2.45, 2.75) is 88.5 Å². The van der Waals surface area contributed by atoms with Crippen molar-refractivity contribution in [3.8, 4) is 11.1 Å². The van der Waals surface area contributed by atoms with Gasteiger partial charge in [0.1, 0.15) is 11.0 Å². The number of fused-ring (bicyclic) bond motifs is 5. The first kappa shape index (κ1) is 76.3. The molecule has 0 radical (unpaired) electrons. The molecule has 4 aromatic heterocycles. The number of nitrogens with one attached hydrogen (secondary N) is 4. The number of aromatic amines is 4. The van der Waals surface area contributed by atoms with Crippen LogP contribution in [0.2, 0.25) is 0 Å². The highest BCUT2D eigenvalue weighted by Gasteiger charge is 2.24. The average molecular weight is 1320 g/mol. The molecule has 498 valence electrons. The van der Waals surface area contributed by atoms with Gasteiger partial charge in [-0.15, -0.1) is 10.2 Å². The minimum atomic E-state index is -3.02. The van der Waals surface area contributed by atoms with E-state index in [-0.39, 0.29) is 14.9 Å². The molecule has 0 amide bonds. The number of H-pyrrole nitrogens is 4. The molecule has 0 bridgehead atoms. The van der Waals surface area contributed by atoms with Crippen LogP contribution in [-0.4, -0.2) is 85.8 Å². The monoisotopic (exact) mass is 1320 g/mol. The number of aromatic nitrogens is 10. The molecule has 4 N–H and O–H groups in total. The fourth-order valence-corrected chi connectivity index (χ4v) is 12.0. The maximum absolute atomic E-state index is 10.9. The van der Waals surface area contributed by atoms with Gasteiger partial charge < -0.3 is 4.98 Å². The Kier molecular flexibility index (Phi) is 30.7. The summed E-state index contributed by atoms with van der Waals surface area (Å²) in [6, 6.07) is 78.5. The van der Waals surface area contributed by atoms with Gasteiger partial charge in [0, 0.05) is 30.0 Å². The molecule has 9 aromatic carbocycles. The van der Waals surface area contributed by atoms with E-state index in [1.807, 2.05) is 83.3 Å². The third-order valence-electron chi connectivity index (χ3n) is 14.6. The topological polar surface area (TPSA) is 209 Å². The summed E-state index contributed by atoms with van der Waals surface area (Å²) < 4.78 is 43.2. The first-order valence-corrected chi connectivity index (χ1v) is 34.6. The maximum Gasteiger partial charge on any atom is 0.175 e. The summed E-state index contributed by atoms with van der Waals surface area (Å²) in [4.78, 5) is 3.38. The Morgan fingerprint density at radius 2 is 0.990 bits per heavy atom. The molecular weight excluding hydrogens is 1230 g/mol. The molecule has 0 saturated carbocycles. The van der Waals surface area contributed by atoms with Crippen molar-refractivity contribution in [3.05, 3.63) is 316 Å². The van der Waals surface area contributed by atoms with E-state index in [0.717, 1.165) is 28.7 Å². The number of sulfone groups is 2. The molecule has 0 spiro atoms. The van der Waals surface area contributed by atoms with Crippen LogP contribution in [0.25, 0.3) is 56.7 Å². The van der Waals surface area contributed by atoms with Gasteiger partial charge in [0.15, 0.2) is 25.5 Å². The van der Waals surface area contributed by atoms with E-state index >= 15 is 0 Å². The summed E-state index contributed by atoms with van der Waals surface area (Å²) >= 11 is 0. The highest BCUT2D eigenvalue weighted by molar-refractivity contribution is 7.91. The lowest BCUT2D eigenvalue weighted by atomic mass is 10.0. The first-order chi connectivity index (χ1) is 45.2. The van der Waals surface area contributed by atoms with Crippen molar-refractivity contribution < 1.29 is 16.8 Å². The van der Waals surface area contributed by atoms with Gasteiger partial charge in [-0.2, -0.15) is 25.7 Å². The standard InChI is InChI=1S/C21H16.C15H14.C11H10.C8H10O2S.C7H7N3.C5H7N.C5H10O2S.C4H6N2.C2H4N4.2CH4/c1-15-10-12-16(13-11-15)14-21-19-8-4-2-6-17(19)18-7-3-5-9-20(18)21;1-13-7-9-15(10-8-13)12-11-14-5-3-2-4-6-14;1-9-6-7-10-4-2-3-5-11(10)8-9;1-7-3-5-8(6-4-7)11(2,9)10;1-5-2-3-6-7(4-5)9-10-8-6;1-5-3-2-4-6-5;1-5-2-3-8(6,7)4-5;1-4-2-3-5-6-4;1-2-3-5-6-4-2;;/h2-14H,1H3;2-12H,1H3;2-8H,1H3;3-6H,1-2H3;2-4H,1H3,(H,8,9,10);2-4,6H,1H3;5H,2-4H2,1H3;2-3H,1H3,(H,5,6);1H3,(H,3,4,5,6);2*1H4/b;12-11+;;;;;;;;;. The van der Waals surface area contributed by atoms with Gasteiger partial charge in [0.05, 0.1) is 16.4 Å². The normalized spacial score (nSPS) is 12.5. The summed E-state index contributed by atoms with van der Waals surface area (Å²) in [7, 11) is -5.62. The maximum atomic E-state index is 10.9. The number of aryl methyl sites for hydroxylation is 8. The van der Waals surface area contributed by atoms with E-state index in [0.29, 0.717) is 28.1 Å². The lowest BCUT2D eigenvalue weighted by Gasteiger charge is -2.03.